The van der Waals surface area contributed by atoms with E-state index in [1.165, 1.54) is 55.2 Å². The van der Waals surface area contributed by atoms with Crippen molar-refractivity contribution < 1.29 is 4.79 Å². The molecule has 1 atom stereocenters. The van der Waals surface area contributed by atoms with Crippen LogP contribution >= 0.6 is 0 Å². The third-order valence-electron chi connectivity index (χ3n) is 6.28. The highest BCUT2D eigenvalue weighted by atomic mass is 16.1. The number of rotatable bonds is 6. The van der Waals surface area contributed by atoms with E-state index >= 15 is 0 Å². The highest BCUT2D eigenvalue weighted by molar-refractivity contribution is 5.78. The van der Waals surface area contributed by atoms with Gasteiger partial charge >= 0.3 is 0 Å². The maximum atomic E-state index is 11.1. The van der Waals surface area contributed by atoms with Crippen molar-refractivity contribution in [1.29, 1.82) is 0 Å². The van der Waals surface area contributed by atoms with Gasteiger partial charge in [0.15, 0.2) is 0 Å². The van der Waals surface area contributed by atoms with Gasteiger partial charge in [0.05, 0.1) is 0 Å². The summed E-state index contributed by atoms with van der Waals surface area (Å²) in [7, 11) is 0. The molecule has 1 unspecified atom stereocenters. The maximum absolute atomic E-state index is 11.1. The lowest BCUT2D eigenvalue weighted by atomic mass is 9.67. The fourth-order valence-electron chi connectivity index (χ4n) is 4.67. The minimum absolute atomic E-state index is 0.151. The van der Waals surface area contributed by atoms with E-state index in [1.54, 1.807) is 0 Å². The van der Waals surface area contributed by atoms with Crippen LogP contribution in [-0.2, 0) is 4.79 Å². The van der Waals surface area contributed by atoms with E-state index in [0.717, 1.165) is 19.4 Å². The molecular weight excluding hydrogens is 318 g/mol. The van der Waals surface area contributed by atoms with Crippen LogP contribution in [0, 0.1) is 5.41 Å². The first-order valence-corrected chi connectivity index (χ1v) is 10.1. The van der Waals surface area contributed by atoms with Crippen LogP contribution in [0.1, 0.15) is 68.9 Å². The van der Waals surface area contributed by atoms with E-state index in [1.807, 2.05) is 0 Å². The SMILES string of the molecule is CC(c1ccccc1C1=CC=CCC=C1)C1(CNC=O)CCCCCC1. The van der Waals surface area contributed by atoms with Gasteiger partial charge in [0.25, 0.3) is 0 Å². The van der Waals surface area contributed by atoms with Crippen molar-refractivity contribution in [1.82, 2.24) is 5.32 Å². The van der Waals surface area contributed by atoms with Crippen LogP contribution in [0.5, 0.6) is 0 Å². The molecule has 0 aromatic heterocycles. The molecule has 0 saturated heterocycles. The van der Waals surface area contributed by atoms with Gasteiger partial charge < -0.3 is 5.32 Å². The second-order valence-electron chi connectivity index (χ2n) is 7.77. The molecule has 1 fully saturated rings. The van der Waals surface area contributed by atoms with Crippen molar-refractivity contribution in [2.24, 2.45) is 5.41 Å². The van der Waals surface area contributed by atoms with Gasteiger partial charge in [0.2, 0.25) is 6.41 Å². The molecule has 3 rings (SSSR count). The Kier molecular flexibility index (Phi) is 6.49. The first-order valence-electron chi connectivity index (χ1n) is 10.1. The lowest BCUT2D eigenvalue weighted by molar-refractivity contribution is -0.110. The summed E-state index contributed by atoms with van der Waals surface area (Å²) in [6, 6.07) is 8.83. The van der Waals surface area contributed by atoms with Crippen LogP contribution < -0.4 is 5.32 Å². The van der Waals surface area contributed by atoms with Crippen molar-refractivity contribution in [3.63, 3.8) is 0 Å². The van der Waals surface area contributed by atoms with Crippen LogP contribution in [-0.4, -0.2) is 13.0 Å². The van der Waals surface area contributed by atoms with Gasteiger partial charge in [-0.3, -0.25) is 4.79 Å². The first kappa shape index (κ1) is 18.7. The van der Waals surface area contributed by atoms with Crippen LogP contribution in [0.4, 0.5) is 0 Å². The third kappa shape index (κ3) is 4.17. The van der Waals surface area contributed by atoms with E-state index < -0.39 is 0 Å². The summed E-state index contributed by atoms with van der Waals surface area (Å²) >= 11 is 0. The second kappa shape index (κ2) is 9.02. The standard InChI is InChI=1S/C24H31NO/c1-20(24(18-25-19-26)16-10-4-5-11-17-24)22-14-8-9-15-23(22)21-12-6-2-3-7-13-21/h2,6-9,12-15,19-20H,3-5,10-11,16-18H2,1H3,(H,25,26). The molecule has 138 valence electrons. The average Bonchev–Trinajstić information content (AvgIpc) is 3.09. The quantitative estimate of drug-likeness (QED) is 0.512. The number of amides is 1. The van der Waals surface area contributed by atoms with Gasteiger partial charge in [-0.2, -0.15) is 0 Å². The van der Waals surface area contributed by atoms with Gasteiger partial charge in [0.1, 0.15) is 0 Å². The second-order valence-corrected chi connectivity index (χ2v) is 7.77. The average molecular weight is 350 g/mol. The van der Waals surface area contributed by atoms with Crippen molar-refractivity contribution in [3.05, 3.63) is 65.8 Å². The normalized spacial score (nSPS) is 20.6. The zero-order valence-electron chi connectivity index (χ0n) is 15.9. The molecule has 1 saturated carbocycles. The molecule has 2 heteroatoms. The van der Waals surface area contributed by atoms with Crippen molar-refractivity contribution in [3.8, 4) is 0 Å². The van der Waals surface area contributed by atoms with Crippen LogP contribution in [0.3, 0.4) is 0 Å². The monoisotopic (exact) mass is 349 g/mol. The third-order valence-corrected chi connectivity index (χ3v) is 6.28. The predicted molar refractivity (Wildman–Crippen MR) is 110 cm³/mol. The predicted octanol–water partition coefficient (Wildman–Crippen LogP) is 5.78. The zero-order chi connectivity index (χ0) is 18.2. The Morgan fingerprint density at radius 1 is 1.12 bits per heavy atom. The number of allylic oxidation sites excluding steroid dienone is 6. The van der Waals surface area contributed by atoms with E-state index in [9.17, 15) is 4.79 Å². The Hall–Kier alpha value is -2.09. The fraction of sp³-hybridized carbons (Fsp3) is 0.458. The Balaban J connectivity index is 1.99. The smallest absolute Gasteiger partial charge is 0.207 e. The van der Waals surface area contributed by atoms with Crippen molar-refractivity contribution in [2.75, 3.05) is 6.54 Å². The molecule has 0 spiro atoms. The lowest BCUT2D eigenvalue weighted by Gasteiger charge is -2.40. The molecule has 1 aromatic rings. The van der Waals surface area contributed by atoms with Gasteiger partial charge in [-0.25, -0.2) is 0 Å². The van der Waals surface area contributed by atoms with Crippen LogP contribution in [0.15, 0.2) is 54.6 Å². The number of hydrogen-bond donors (Lipinski definition) is 1. The maximum Gasteiger partial charge on any atom is 0.207 e. The molecule has 1 amide bonds. The number of nitrogens with one attached hydrogen (secondary N) is 1. The summed E-state index contributed by atoms with van der Waals surface area (Å²) in [5.41, 5.74) is 4.18. The van der Waals surface area contributed by atoms with E-state index in [0.29, 0.717) is 5.92 Å². The number of benzene rings is 1. The minimum Gasteiger partial charge on any atom is -0.358 e. The molecular formula is C24H31NO. The van der Waals surface area contributed by atoms with Gasteiger partial charge in [-0.05, 0) is 47.3 Å². The van der Waals surface area contributed by atoms with Crippen LogP contribution in [0.25, 0.3) is 5.57 Å². The summed E-state index contributed by atoms with van der Waals surface area (Å²) in [4.78, 5) is 11.1. The Morgan fingerprint density at radius 3 is 2.65 bits per heavy atom. The van der Waals surface area contributed by atoms with E-state index in [-0.39, 0.29) is 5.41 Å². The van der Waals surface area contributed by atoms with Crippen molar-refractivity contribution >= 4 is 12.0 Å². The molecule has 0 bridgehead atoms. The van der Waals surface area contributed by atoms with Crippen LogP contribution in [0.2, 0.25) is 0 Å². The first-order chi connectivity index (χ1) is 12.8. The minimum atomic E-state index is 0.151. The topological polar surface area (TPSA) is 29.1 Å². The summed E-state index contributed by atoms with van der Waals surface area (Å²) in [5.74, 6) is 0.408. The Bertz CT molecular complexity index is 690. The van der Waals surface area contributed by atoms with Crippen molar-refractivity contribution in [2.45, 2.75) is 57.8 Å². The Morgan fingerprint density at radius 2 is 1.88 bits per heavy atom. The zero-order valence-corrected chi connectivity index (χ0v) is 15.9. The van der Waals surface area contributed by atoms with Gasteiger partial charge in [-0.1, -0.05) is 87.3 Å². The summed E-state index contributed by atoms with van der Waals surface area (Å²) in [5, 5.41) is 3.03. The summed E-state index contributed by atoms with van der Waals surface area (Å²) < 4.78 is 0. The van der Waals surface area contributed by atoms with Gasteiger partial charge in [0, 0.05) is 6.54 Å². The highest BCUT2D eigenvalue weighted by Crippen LogP contribution is 2.47. The van der Waals surface area contributed by atoms with Gasteiger partial charge in [-0.15, -0.1) is 0 Å². The number of carbonyl (C=O) groups excluding carboxylic acids is 1. The number of carbonyl (C=O) groups is 1. The molecule has 2 aliphatic carbocycles. The summed E-state index contributed by atoms with van der Waals surface area (Å²) in [6.45, 7) is 3.15. The molecule has 2 aliphatic rings. The molecule has 0 radical (unpaired) electrons. The highest BCUT2D eigenvalue weighted by Gasteiger charge is 2.37. The molecule has 26 heavy (non-hydrogen) atoms. The van der Waals surface area contributed by atoms with E-state index in [4.69, 9.17) is 0 Å². The molecule has 0 aliphatic heterocycles. The molecule has 1 aromatic carbocycles. The van der Waals surface area contributed by atoms with E-state index in [2.05, 4.69) is 66.9 Å². The largest absolute Gasteiger partial charge is 0.358 e. The fourth-order valence-corrected chi connectivity index (χ4v) is 4.67. The Labute approximate surface area is 158 Å². The number of hydrogen-bond acceptors (Lipinski definition) is 1. The molecule has 1 N–H and O–H groups in total. The summed E-state index contributed by atoms with van der Waals surface area (Å²) in [6.07, 6.45) is 20.4. The molecule has 2 nitrogen and oxygen atoms in total. The lowest BCUT2D eigenvalue weighted by Crippen LogP contribution is -2.38. The molecule has 0 heterocycles.